The Bertz CT molecular complexity index is 984. The molecular weight excluding hydrogens is 464 g/mol. The number of amides is 1. The van der Waals surface area contributed by atoms with Crippen LogP contribution in [0.1, 0.15) is 12.5 Å². The van der Waals surface area contributed by atoms with E-state index in [0.29, 0.717) is 33.1 Å². The van der Waals surface area contributed by atoms with Crippen LogP contribution in [0.15, 0.2) is 46.4 Å². The zero-order chi connectivity index (χ0) is 21.4. The number of aliphatic carboxylic acids is 1. The Labute approximate surface area is 180 Å². The molecule has 0 aromatic heterocycles. The highest BCUT2D eigenvalue weighted by Crippen LogP contribution is 2.35. The molecule has 29 heavy (non-hydrogen) atoms. The van der Waals surface area contributed by atoms with Crippen molar-refractivity contribution >= 4 is 51.2 Å². The van der Waals surface area contributed by atoms with Crippen molar-refractivity contribution in [1.29, 1.82) is 5.26 Å². The molecule has 2 rings (SSSR count). The summed E-state index contributed by atoms with van der Waals surface area (Å²) in [5.74, 6) is -1.20. The number of ether oxygens (including phenoxy) is 2. The Kier molecular flexibility index (Phi) is 8.07. The minimum Gasteiger partial charge on any atom is -0.490 e. The number of rotatable bonds is 8. The molecule has 0 atom stereocenters. The van der Waals surface area contributed by atoms with Crippen LogP contribution in [0.3, 0.4) is 0 Å². The van der Waals surface area contributed by atoms with Crippen molar-refractivity contribution in [3.63, 3.8) is 0 Å². The molecule has 9 heteroatoms. The highest BCUT2D eigenvalue weighted by Gasteiger charge is 2.15. The van der Waals surface area contributed by atoms with Crippen molar-refractivity contribution in [3.8, 4) is 17.6 Å². The molecule has 150 valence electrons. The normalized spacial score (nSPS) is 10.8. The molecular formula is C20H16BrClN2O5. The number of hydrogen-bond acceptors (Lipinski definition) is 5. The third-order valence-electron chi connectivity index (χ3n) is 3.48. The van der Waals surface area contributed by atoms with Gasteiger partial charge in [-0.25, -0.2) is 4.79 Å². The summed E-state index contributed by atoms with van der Waals surface area (Å²) in [5, 5.41) is 21.3. The van der Waals surface area contributed by atoms with E-state index in [4.69, 9.17) is 26.2 Å². The molecule has 0 saturated carbocycles. The second kappa shape index (κ2) is 10.5. The summed E-state index contributed by atoms with van der Waals surface area (Å²) in [6.07, 6.45) is 1.39. The van der Waals surface area contributed by atoms with Gasteiger partial charge in [-0.2, -0.15) is 5.26 Å². The number of halogens is 2. The SMILES string of the molecule is CCOc1cc(/C=C(\C#N)C(=O)Nc2ccc(Cl)cc2)c(Br)cc1OCC(=O)O. The number of carboxylic acids is 1. The van der Waals surface area contributed by atoms with Crippen LogP contribution in [0, 0.1) is 11.3 Å². The fourth-order valence-electron chi connectivity index (χ4n) is 2.22. The van der Waals surface area contributed by atoms with Gasteiger partial charge in [-0.3, -0.25) is 4.79 Å². The zero-order valence-corrected chi connectivity index (χ0v) is 17.6. The lowest BCUT2D eigenvalue weighted by Gasteiger charge is -2.13. The van der Waals surface area contributed by atoms with E-state index in [0.717, 1.165) is 0 Å². The van der Waals surface area contributed by atoms with Gasteiger partial charge in [0.2, 0.25) is 0 Å². The highest BCUT2D eigenvalue weighted by atomic mass is 79.9. The van der Waals surface area contributed by atoms with Crippen molar-refractivity contribution < 1.29 is 24.2 Å². The van der Waals surface area contributed by atoms with Crippen LogP contribution in [0.5, 0.6) is 11.5 Å². The fourth-order valence-corrected chi connectivity index (χ4v) is 2.78. The van der Waals surface area contributed by atoms with Gasteiger partial charge in [-0.05, 0) is 55.0 Å². The summed E-state index contributed by atoms with van der Waals surface area (Å²) >= 11 is 9.16. The number of anilines is 1. The largest absolute Gasteiger partial charge is 0.490 e. The Morgan fingerprint density at radius 3 is 2.48 bits per heavy atom. The standard InChI is InChI=1S/C20H16BrClN2O5/c1-2-28-17-8-12(16(21)9-18(17)29-11-19(25)26)7-13(10-23)20(27)24-15-5-3-14(22)4-6-15/h3-9H,2,11H2,1H3,(H,24,27)(H,25,26)/b13-7+. The maximum atomic E-state index is 12.4. The first-order chi connectivity index (χ1) is 13.8. The summed E-state index contributed by atoms with van der Waals surface area (Å²) in [7, 11) is 0. The molecule has 2 aromatic rings. The lowest BCUT2D eigenvalue weighted by atomic mass is 10.1. The molecule has 2 aromatic carbocycles. The van der Waals surface area contributed by atoms with Gasteiger partial charge in [-0.15, -0.1) is 0 Å². The van der Waals surface area contributed by atoms with Crippen LogP contribution >= 0.6 is 27.5 Å². The number of nitrogens with zero attached hydrogens (tertiary/aromatic N) is 1. The van der Waals surface area contributed by atoms with Gasteiger partial charge in [0.25, 0.3) is 5.91 Å². The van der Waals surface area contributed by atoms with Crippen molar-refractivity contribution in [2.75, 3.05) is 18.5 Å². The van der Waals surface area contributed by atoms with Gasteiger partial charge in [0.15, 0.2) is 18.1 Å². The third-order valence-corrected chi connectivity index (χ3v) is 4.42. The van der Waals surface area contributed by atoms with Crippen molar-refractivity contribution in [3.05, 3.63) is 57.0 Å². The molecule has 0 aliphatic carbocycles. The molecule has 0 heterocycles. The first-order valence-electron chi connectivity index (χ1n) is 8.33. The number of nitrogens with one attached hydrogen (secondary N) is 1. The molecule has 0 radical (unpaired) electrons. The van der Waals surface area contributed by atoms with E-state index in [-0.39, 0.29) is 11.3 Å². The highest BCUT2D eigenvalue weighted by molar-refractivity contribution is 9.10. The van der Waals surface area contributed by atoms with Crippen molar-refractivity contribution in [1.82, 2.24) is 0 Å². The average molecular weight is 480 g/mol. The fraction of sp³-hybridized carbons (Fsp3) is 0.150. The molecule has 0 spiro atoms. The summed E-state index contributed by atoms with van der Waals surface area (Å²) in [6.45, 7) is 1.55. The van der Waals surface area contributed by atoms with E-state index in [9.17, 15) is 14.9 Å². The van der Waals surface area contributed by atoms with Crippen LogP contribution in [0.2, 0.25) is 5.02 Å². The van der Waals surface area contributed by atoms with E-state index in [1.807, 2.05) is 6.07 Å². The van der Waals surface area contributed by atoms with Gasteiger partial charge in [0, 0.05) is 15.2 Å². The molecule has 7 nitrogen and oxygen atoms in total. The lowest BCUT2D eigenvalue weighted by molar-refractivity contribution is -0.139. The predicted octanol–water partition coefficient (Wildman–Crippen LogP) is 4.51. The van der Waals surface area contributed by atoms with Crippen LogP contribution < -0.4 is 14.8 Å². The van der Waals surface area contributed by atoms with Gasteiger partial charge < -0.3 is 19.9 Å². The summed E-state index contributed by atoms with van der Waals surface area (Å²) < 4.78 is 11.2. The molecule has 0 saturated heterocycles. The number of carboxylic acid groups (broad SMARTS) is 1. The third kappa shape index (κ3) is 6.52. The predicted molar refractivity (Wildman–Crippen MR) is 112 cm³/mol. The van der Waals surface area contributed by atoms with Crippen molar-refractivity contribution in [2.45, 2.75) is 6.92 Å². The van der Waals surface area contributed by atoms with Crippen LogP contribution in [0.4, 0.5) is 5.69 Å². The Morgan fingerprint density at radius 1 is 1.24 bits per heavy atom. The molecule has 2 N–H and O–H groups in total. The maximum absolute atomic E-state index is 12.4. The average Bonchev–Trinajstić information content (AvgIpc) is 2.68. The molecule has 0 aliphatic heterocycles. The first kappa shape index (κ1) is 22.3. The topological polar surface area (TPSA) is 109 Å². The Morgan fingerprint density at radius 2 is 1.90 bits per heavy atom. The summed E-state index contributed by atoms with van der Waals surface area (Å²) in [5.41, 5.74) is 0.841. The number of nitriles is 1. The van der Waals surface area contributed by atoms with E-state index < -0.39 is 18.5 Å². The van der Waals surface area contributed by atoms with Gasteiger partial charge in [-0.1, -0.05) is 27.5 Å². The maximum Gasteiger partial charge on any atom is 0.341 e. The zero-order valence-electron chi connectivity index (χ0n) is 15.2. The van der Waals surface area contributed by atoms with Gasteiger partial charge in [0.1, 0.15) is 11.6 Å². The lowest BCUT2D eigenvalue weighted by Crippen LogP contribution is -2.13. The van der Waals surface area contributed by atoms with Crippen LogP contribution in [-0.4, -0.2) is 30.2 Å². The molecule has 0 unspecified atom stereocenters. The smallest absolute Gasteiger partial charge is 0.341 e. The van der Waals surface area contributed by atoms with E-state index >= 15 is 0 Å². The minimum absolute atomic E-state index is 0.137. The molecule has 0 fully saturated rings. The first-order valence-corrected chi connectivity index (χ1v) is 9.50. The quantitative estimate of drug-likeness (QED) is 0.426. The summed E-state index contributed by atoms with van der Waals surface area (Å²) in [4.78, 5) is 23.2. The Hall–Kier alpha value is -3.02. The van der Waals surface area contributed by atoms with E-state index in [2.05, 4.69) is 21.2 Å². The number of carbonyl (C=O) groups excluding carboxylic acids is 1. The second-order valence-corrected chi connectivity index (χ2v) is 6.86. The van der Waals surface area contributed by atoms with E-state index in [1.54, 1.807) is 37.3 Å². The molecule has 1 amide bonds. The monoisotopic (exact) mass is 478 g/mol. The van der Waals surface area contributed by atoms with Crippen LogP contribution in [0.25, 0.3) is 6.08 Å². The Balaban J connectivity index is 2.32. The van der Waals surface area contributed by atoms with E-state index in [1.165, 1.54) is 12.1 Å². The van der Waals surface area contributed by atoms with Gasteiger partial charge >= 0.3 is 5.97 Å². The molecule has 0 aliphatic rings. The van der Waals surface area contributed by atoms with Gasteiger partial charge in [0.05, 0.1) is 6.61 Å². The number of hydrogen-bond donors (Lipinski definition) is 2. The number of benzene rings is 2. The number of carbonyl (C=O) groups is 2. The second-order valence-electron chi connectivity index (χ2n) is 5.57. The summed E-state index contributed by atoms with van der Waals surface area (Å²) in [6, 6.07) is 11.4. The minimum atomic E-state index is -1.13. The van der Waals surface area contributed by atoms with Crippen molar-refractivity contribution in [2.24, 2.45) is 0 Å². The van der Waals surface area contributed by atoms with Crippen LogP contribution in [-0.2, 0) is 9.59 Å². The molecule has 0 bridgehead atoms.